The van der Waals surface area contributed by atoms with Gasteiger partial charge in [0.15, 0.2) is 0 Å². The average molecular weight is 287 g/mol. The van der Waals surface area contributed by atoms with Crippen LogP contribution in [0, 0.1) is 5.82 Å². The monoisotopic (exact) mass is 287 g/mol. The Balaban J connectivity index is 2.10. The summed E-state index contributed by atoms with van der Waals surface area (Å²) >= 11 is 0. The minimum absolute atomic E-state index is 0.0922. The zero-order chi connectivity index (χ0) is 15.4. The van der Waals surface area contributed by atoms with Crippen molar-refractivity contribution in [2.45, 2.75) is 6.42 Å². The predicted molar refractivity (Wildman–Crippen MR) is 78.1 cm³/mol. The molecule has 2 rings (SSSR count). The lowest BCUT2D eigenvalue weighted by atomic mass is 10.1. The summed E-state index contributed by atoms with van der Waals surface area (Å²) in [5.74, 6) is -1.69. The Morgan fingerprint density at radius 1 is 1.10 bits per heavy atom. The fourth-order valence-corrected chi connectivity index (χ4v) is 1.82. The molecule has 0 spiro atoms. The van der Waals surface area contributed by atoms with E-state index in [2.05, 4.69) is 5.32 Å². The number of carbonyl (C=O) groups excluding carboxylic acids is 2. The van der Waals surface area contributed by atoms with Crippen molar-refractivity contribution in [2.75, 3.05) is 11.1 Å². The number of benzene rings is 2. The van der Waals surface area contributed by atoms with Crippen LogP contribution >= 0.6 is 0 Å². The first-order chi connectivity index (χ1) is 9.95. The fourth-order valence-electron chi connectivity index (χ4n) is 1.82. The zero-order valence-electron chi connectivity index (χ0n) is 11.1. The molecule has 21 heavy (non-hydrogen) atoms. The number of halogens is 1. The maximum atomic E-state index is 13.6. The van der Waals surface area contributed by atoms with Crippen molar-refractivity contribution in [3.8, 4) is 0 Å². The SMILES string of the molecule is NC(=O)Cc1ccc(NC(=O)c2ccc(N)cc2F)cc1. The summed E-state index contributed by atoms with van der Waals surface area (Å²) in [4.78, 5) is 22.7. The van der Waals surface area contributed by atoms with Gasteiger partial charge in [-0.3, -0.25) is 9.59 Å². The van der Waals surface area contributed by atoms with Crippen LogP contribution in [-0.4, -0.2) is 11.8 Å². The summed E-state index contributed by atoms with van der Waals surface area (Å²) in [6, 6.07) is 10.4. The second-order valence-electron chi connectivity index (χ2n) is 4.53. The first-order valence-electron chi connectivity index (χ1n) is 6.19. The van der Waals surface area contributed by atoms with Gasteiger partial charge in [0.2, 0.25) is 5.91 Å². The second-order valence-corrected chi connectivity index (χ2v) is 4.53. The summed E-state index contributed by atoms with van der Waals surface area (Å²) in [7, 11) is 0. The van der Waals surface area contributed by atoms with E-state index in [1.807, 2.05) is 0 Å². The molecule has 0 aliphatic carbocycles. The normalized spacial score (nSPS) is 10.1. The van der Waals surface area contributed by atoms with Crippen LogP contribution in [0.15, 0.2) is 42.5 Å². The van der Waals surface area contributed by atoms with Crippen LogP contribution in [0.3, 0.4) is 0 Å². The largest absolute Gasteiger partial charge is 0.399 e. The Labute approximate surface area is 120 Å². The lowest BCUT2D eigenvalue weighted by Crippen LogP contribution is -2.15. The average Bonchev–Trinajstić information content (AvgIpc) is 2.40. The van der Waals surface area contributed by atoms with E-state index in [9.17, 15) is 14.0 Å². The molecule has 0 heterocycles. The molecule has 0 saturated heterocycles. The molecular formula is C15H14FN3O2. The van der Waals surface area contributed by atoms with Crippen molar-refractivity contribution in [1.29, 1.82) is 0 Å². The van der Waals surface area contributed by atoms with Crippen LogP contribution in [0.4, 0.5) is 15.8 Å². The molecule has 0 aliphatic rings. The van der Waals surface area contributed by atoms with Gasteiger partial charge in [-0.05, 0) is 35.9 Å². The van der Waals surface area contributed by atoms with Crippen LogP contribution in [0.2, 0.25) is 0 Å². The molecule has 6 heteroatoms. The highest BCUT2D eigenvalue weighted by Gasteiger charge is 2.12. The molecule has 0 aliphatic heterocycles. The van der Waals surface area contributed by atoms with E-state index in [4.69, 9.17) is 11.5 Å². The van der Waals surface area contributed by atoms with E-state index >= 15 is 0 Å². The van der Waals surface area contributed by atoms with Gasteiger partial charge in [-0.25, -0.2) is 4.39 Å². The Morgan fingerprint density at radius 3 is 2.33 bits per heavy atom. The standard InChI is InChI=1S/C15H14FN3O2/c16-13-8-10(17)3-6-12(13)15(21)19-11-4-1-9(2-5-11)7-14(18)20/h1-6,8H,7,17H2,(H2,18,20)(H,19,21). The van der Waals surface area contributed by atoms with Gasteiger partial charge in [0.25, 0.3) is 5.91 Å². The van der Waals surface area contributed by atoms with Crippen LogP contribution in [-0.2, 0) is 11.2 Å². The fraction of sp³-hybridized carbons (Fsp3) is 0.0667. The molecule has 5 N–H and O–H groups in total. The predicted octanol–water partition coefficient (Wildman–Crippen LogP) is 1.69. The summed E-state index contributed by atoms with van der Waals surface area (Å²) in [5.41, 5.74) is 11.9. The molecule has 0 saturated carbocycles. The third-order valence-electron chi connectivity index (χ3n) is 2.83. The van der Waals surface area contributed by atoms with E-state index in [0.717, 1.165) is 11.6 Å². The number of rotatable bonds is 4. The minimum Gasteiger partial charge on any atom is -0.399 e. The lowest BCUT2D eigenvalue weighted by molar-refractivity contribution is -0.117. The van der Waals surface area contributed by atoms with Gasteiger partial charge in [-0.2, -0.15) is 0 Å². The quantitative estimate of drug-likeness (QED) is 0.746. The Bertz CT molecular complexity index is 684. The highest BCUT2D eigenvalue weighted by molar-refractivity contribution is 6.04. The molecular weight excluding hydrogens is 273 g/mol. The smallest absolute Gasteiger partial charge is 0.258 e. The minimum atomic E-state index is -0.683. The number of carbonyl (C=O) groups is 2. The van der Waals surface area contributed by atoms with Gasteiger partial charge in [0.05, 0.1) is 12.0 Å². The van der Waals surface area contributed by atoms with E-state index in [1.54, 1.807) is 24.3 Å². The van der Waals surface area contributed by atoms with Crippen LogP contribution in [0.1, 0.15) is 15.9 Å². The van der Waals surface area contributed by atoms with Gasteiger partial charge >= 0.3 is 0 Å². The summed E-state index contributed by atoms with van der Waals surface area (Å²) in [5, 5.41) is 2.56. The van der Waals surface area contributed by atoms with Crippen LogP contribution in [0.25, 0.3) is 0 Å². The van der Waals surface area contributed by atoms with Crippen LogP contribution < -0.4 is 16.8 Å². The van der Waals surface area contributed by atoms with Crippen molar-refractivity contribution in [2.24, 2.45) is 5.73 Å². The van der Waals surface area contributed by atoms with Crippen molar-refractivity contribution < 1.29 is 14.0 Å². The van der Waals surface area contributed by atoms with Gasteiger partial charge < -0.3 is 16.8 Å². The Morgan fingerprint density at radius 2 is 1.76 bits per heavy atom. The maximum Gasteiger partial charge on any atom is 0.258 e. The van der Waals surface area contributed by atoms with Gasteiger partial charge in [-0.15, -0.1) is 0 Å². The number of nitrogens with two attached hydrogens (primary N) is 2. The van der Waals surface area contributed by atoms with Gasteiger partial charge in [-0.1, -0.05) is 12.1 Å². The molecule has 0 bridgehead atoms. The van der Waals surface area contributed by atoms with Crippen molar-refractivity contribution >= 4 is 23.2 Å². The summed E-state index contributed by atoms with van der Waals surface area (Å²) < 4.78 is 13.6. The molecule has 2 aromatic rings. The van der Waals surface area contributed by atoms with E-state index in [1.165, 1.54) is 12.1 Å². The molecule has 0 unspecified atom stereocenters. The van der Waals surface area contributed by atoms with Crippen molar-refractivity contribution in [1.82, 2.24) is 0 Å². The summed E-state index contributed by atoms with van der Waals surface area (Å²) in [6.07, 6.45) is 0.126. The number of nitrogen functional groups attached to an aromatic ring is 1. The molecule has 0 atom stereocenters. The molecule has 0 fully saturated rings. The van der Waals surface area contributed by atoms with E-state index < -0.39 is 17.6 Å². The summed E-state index contributed by atoms with van der Waals surface area (Å²) in [6.45, 7) is 0. The number of primary amides is 1. The molecule has 108 valence electrons. The zero-order valence-corrected chi connectivity index (χ0v) is 11.1. The van der Waals surface area contributed by atoms with Crippen LogP contribution in [0.5, 0.6) is 0 Å². The second kappa shape index (κ2) is 6.04. The number of hydrogen-bond acceptors (Lipinski definition) is 3. The topological polar surface area (TPSA) is 98.2 Å². The lowest BCUT2D eigenvalue weighted by Gasteiger charge is -2.07. The number of anilines is 2. The third-order valence-corrected chi connectivity index (χ3v) is 2.83. The van der Waals surface area contributed by atoms with Gasteiger partial charge in [0.1, 0.15) is 5.82 Å². The first kappa shape index (κ1) is 14.5. The molecule has 5 nitrogen and oxygen atoms in total. The first-order valence-corrected chi connectivity index (χ1v) is 6.19. The highest BCUT2D eigenvalue weighted by atomic mass is 19.1. The van der Waals surface area contributed by atoms with Crippen molar-refractivity contribution in [3.05, 3.63) is 59.4 Å². The molecule has 2 aromatic carbocycles. The van der Waals surface area contributed by atoms with Gasteiger partial charge in [0, 0.05) is 11.4 Å². The maximum absolute atomic E-state index is 13.6. The number of nitrogens with one attached hydrogen (secondary N) is 1. The van der Waals surface area contributed by atoms with E-state index in [0.29, 0.717) is 5.69 Å². The Hall–Kier alpha value is -2.89. The molecule has 0 radical (unpaired) electrons. The Kier molecular flexibility index (Phi) is 4.18. The number of hydrogen-bond donors (Lipinski definition) is 3. The van der Waals surface area contributed by atoms with E-state index in [-0.39, 0.29) is 17.7 Å². The third kappa shape index (κ3) is 3.79. The number of amides is 2. The van der Waals surface area contributed by atoms with Crippen molar-refractivity contribution in [3.63, 3.8) is 0 Å². The molecule has 0 aromatic heterocycles. The highest BCUT2D eigenvalue weighted by Crippen LogP contribution is 2.15. The molecule has 2 amide bonds.